The van der Waals surface area contributed by atoms with Gasteiger partial charge >= 0.3 is 0 Å². The fraction of sp³-hybridized carbons (Fsp3) is 0. The third-order valence-corrected chi connectivity index (χ3v) is 14.3. The molecule has 0 saturated carbocycles. The summed E-state index contributed by atoms with van der Waals surface area (Å²) < 4.78 is 11.7. The van der Waals surface area contributed by atoms with Gasteiger partial charge in [-0.15, -0.1) is 0 Å². The number of aromatic hydroxyl groups is 1. The van der Waals surface area contributed by atoms with Crippen molar-refractivity contribution in [3.8, 4) is 95.5 Å². The molecule has 0 radical (unpaired) electrons. The molecule has 0 spiro atoms. The number of hydrogen-bond acceptors (Lipinski definition) is 4. The minimum atomic E-state index is 0.150. The van der Waals surface area contributed by atoms with Crippen LogP contribution in [0.3, 0.4) is 0 Å². The molecule has 0 aliphatic heterocycles. The molecule has 0 bridgehead atoms. The second-order valence-corrected chi connectivity index (χ2v) is 18.6. The smallest absolute Gasteiger partial charge is 0.149 e. The summed E-state index contributed by atoms with van der Waals surface area (Å²) in [5.41, 5.74) is 19.1. The van der Waals surface area contributed by atoms with Gasteiger partial charge in [0, 0.05) is 27.5 Å². The van der Waals surface area contributed by atoms with Gasteiger partial charge in [-0.2, -0.15) is 0 Å². The van der Waals surface area contributed by atoms with Crippen LogP contribution in [0.2, 0.25) is 0 Å². The van der Waals surface area contributed by atoms with Gasteiger partial charge in [0.1, 0.15) is 28.6 Å². The predicted octanol–water partition coefficient (Wildman–Crippen LogP) is 17.6. The van der Waals surface area contributed by atoms with E-state index in [9.17, 15) is 5.11 Å². The molecule has 14 aromatic rings. The van der Waals surface area contributed by atoms with Gasteiger partial charge in [-0.3, -0.25) is 9.13 Å². The molecule has 0 amide bonds. The second kappa shape index (κ2) is 17.7. The number of fused-ring (bicyclic) bond motifs is 5. The SMILES string of the molecule is Oc1ccccc1-c1nc2c(-c3cc(-c4nc5ccccc5n4-c4ccccc4-c4ccccc4)c4oc5cc(-c6ccccc6-c6ccccc6)ccc5c4c3)cccc2n1-c1ccccc1-c1ccccc1. The van der Waals surface area contributed by atoms with Gasteiger partial charge in [0.25, 0.3) is 0 Å². The van der Waals surface area contributed by atoms with E-state index in [4.69, 9.17) is 14.4 Å². The van der Waals surface area contributed by atoms with Crippen molar-refractivity contribution in [1.29, 1.82) is 0 Å². The molecule has 0 aliphatic carbocycles. The van der Waals surface area contributed by atoms with E-state index in [0.717, 1.165) is 122 Å². The number of furan rings is 1. The molecule has 11 aromatic carbocycles. The topological polar surface area (TPSA) is 69.0 Å². The summed E-state index contributed by atoms with van der Waals surface area (Å²) in [5.74, 6) is 1.53. The van der Waals surface area contributed by atoms with Gasteiger partial charge in [0.2, 0.25) is 0 Å². The second-order valence-electron chi connectivity index (χ2n) is 18.6. The molecule has 0 aliphatic rings. The molecule has 1 N–H and O–H groups in total. The molecular weight excluding hydrogens is 905 g/mol. The highest BCUT2D eigenvalue weighted by Gasteiger charge is 2.26. The number of hydrogen-bond donors (Lipinski definition) is 1. The van der Waals surface area contributed by atoms with E-state index in [2.05, 4.69) is 234 Å². The van der Waals surface area contributed by atoms with E-state index in [0.29, 0.717) is 11.4 Å². The number of para-hydroxylation sites is 6. The maximum Gasteiger partial charge on any atom is 0.149 e. The molecule has 348 valence electrons. The van der Waals surface area contributed by atoms with Crippen LogP contribution in [0.25, 0.3) is 134 Å². The summed E-state index contributed by atoms with van der Waals surface area (Å²) in [7, 11) is 0. The van der Waals surface area contributed by atoms with Crippen molar-refractivity contribution < 1.29 is 9.52 Å². The summed E-state index contributed by atoms with van der Waals surface area (Å²) in [6, 6.07) is 90.2. The Labute approximate surface area is 427 Å². The molecule has 3 aromatic heterocycles. The van der Waals surface area contributed by atoms with Crippen LogP contribution in [-0.4, -0.2) is 24.2 Å². The molecule has 0 fully saturated rings. The lowest BCUT2D eigenvalue weighted by Crippen LogP contribution is -2.01. The number of rotatable bonds is 9. The lowest BCUT2D eigenvalue weighted by atomic mass is 9.93. The summed E-state index contributed by atoms with van der Waals surface area (Å²) in [5, 5.41) is 13.5. The summed E-state index contributed by atoms with van der Waals surface area (Å²) in [4.78, 5) is 11.1. The van der Waals surface area contributed by atoms with Crippen LogP contribution in [0.4, 0.5) is 0 Å². The third-order valence-electron chi connectivity index (χ3n) is 14.3. The molecule has 3 heterocycles. The van der Waals surface area contributed by atoms with Gasteiger partial charge in [-0.05, 0) is 106 Å². The highest BCUT2D eigenvalue weighted by Crippen LogP contribution is 2.46. The Balaban J connectivity index is 1.06. The zero-order valence-corrected chi connectivity index (χ0v) is 40.0. The minimum Gasteiger partial charge on any atom is -0.507 e. The Morgan fingerprint density at radius 1 is 0.324 bits per heavy atom. The first-order valence-corrected chi connectivity index (χ1v) is 24.9. The van der Waals surface area contributed by atoms with Crippen LogP contribution in [-0.2, 0) is 0 Å². The van der Waals surface area contributed by atoms with Gasteiger partial charge in [0.05, 0.1) is 44.6 Å². The van der Waals surface area contributed by atoms with Crippen molar-refractivity contribution in [1.82, 2.24) is 19.1 Å². The van der Waals surface area contributed by atoms with Crippen LogP contribution in [0.1, 0.15) is 0 Å². The number of phenolic OH excluding ortho intramolecular Hbond substituents is 1. The van der Waals surface area contributed by atoms with E-state index in [1.54, 1.807) is 6.07 Å². The Morgan fingerprint density at radius 2 is 0.824 bits per heavy atom. The maximum atomic E-state index is 11.6. The molecule has 0 saturated heterocycles. The zero-order valence-electron chi connectivity index (χ0n) is 40.0. The fourth-order valence-electron chi connectivity index (χ4n) is 10.9. The first-order chi connectivity index (χ1) is 36.6. The van der Waals surface area contributed by atoms with E-state index < -0.39 is 0 Å². The number of phenols is 1. The Morgan fingerprint density at radius 3 is 1.49 bits per heavy atom. The molecule has 74 heavy (non-hydrogen) atoms. The summed E-state index contributed by atoms with van der Waals surface area (Å²) in [6.45, 7) is 0. The molecule has 6 nitrogen and oxygen atoms in total. The van der Waals surface area contributed by atoms with Gasteiger partial charge < -0.3 is 9.52 Å². The standard InChI is InChI=1S/C68H44N4O2/c73-63-38-19-14-31-55(63)67-70-65-53(32-20-37-62(65)72(67)60-35-17-13-30-52(60)46-25-8-3-9-26-46)48-41-56-54-40-39-47(50-28-11-10-27-49(50)44-21-4-1-5-22-44)43-64(54)74-66(56)57(42-48)68-69-58-33-15-18-36-61(58)71(68)59-34-16-12-29-51(59)45-23-6-2-7-24-45/h1-43,73H. The van der Waals surface area contributed by atoms with E-state index in [1.807, 2.05) is 30.3 Å². The van der Waals surface area contributed by atoms with Crippen molar-refractivity contribution in [2.24, 2.45) is 0 Å². The van der Waals surface area contributed by atoms with Crippen molar-refractivity contribution >= 4 is 44.0 Å². The van der Waals surface area contributed by atoms with Crippen LogP contribution in [0.15, 0.2) is 265 Å². The Kier molecular flexibility index (Phi) is 10.2. The van der Waals surface area contributed by atoms with Crippen LogP contribution in [0.5, 0.6) is 5.75 Å². The number of benzene rings is 11. The number of aromatic nitrogens is 4. The van der Waals surface area contributed by atoms with Crippen molar-refractivity contribution in [3.05, 3.63) is 261 Å². The maximum absolute atomic E-state index is 11.6. The van der Waals surface area contributed by atoms with E-state index >= 15 is 0 Å². The van der Waals surface area contributed by atoms with Gasteiger partial charge in [-0.25, -0.2) is 9.97 Å². The minimum absolute atomic E-state index is 0.150. The molecule has 0 atom stereocenters. The van der Waals surface area contributed by atoms with Crippen LogP contribution < -0.4 is 0 Å². The average Bonchev–Trinajstić information content (AvgIpc) is 4.18. The molecule has 14 rings (SSSR count). The number of imidazole rings is 2. The molecule has 6 heteroatoms. The highest BCUT2D eigenvalue weighted by molar-refractivity contribution is 6.13. The van der Waals surface area contributed by atoms with Crippen LogP contribution in [0, 0.1) is 0 Å². The van der Waals surface area contributed by atoms with Crippen LogP contribution >= 0.6 is 0 Å². The predicted molar refractivity (Wildman–Crippen MR) is 303 cm³/mol. The lowest BCUT2D eigenvalue weighted by Gasteiger charge is -2.16. The zero-order chi connectivity index (χ0) is 49.1. The Bertz CT molecular complexity index is 4440. The largest absolute Gasteiger partial charge is 0.507 e. The van der Waals surface area contributed by atoms with Crippen molar-refractivity contribution in [3.63, 3.8) is 0 Å². The van der Waals surface area contributed by atoms with E-state index in [-0.39, 0.29) is 5.75 Å². The highest BCUT2D eigenvalue weighted by atomic mass is 16.3. The van der Waals surface area contributed by atoms with Crippen molar-refractivity contribution in [2.45, 2.75) is 0 Å². The third kappa shape index (κ3) is 7.11. The van der Waals surface area contributed by atoms with Crippen molar-refractivity contribution in [2.75, 3.05) is 0 Å². The molecule has 0 unspecified atom stereocenters. The fourth-order valence-corrected chi connectivity index (χ4v) is 10.9. The normalized spacial score (nSPS) is 11.6. The van der Waals surface area contributed by atoms with Gasteiger partial charge in [0.15, 0.2) is 0 Å². The number of nitrogens with zero attached hydrogens (tertiary/aromatic N) is 4. The Hall–Kier alpha value is -10.0. The van der Waals surface area contributed by atoms with E-state index in [1.165, 1.54) is 0 Å². The first-order valence-electron chi connectivity index (χ1n) is 24.9. The molecular formula is C68H44N4O2. The first kappa shape index (κ1) is 42.8. The monoisotopic (exact) mass is 948 g/mol. The average molecular weight is 949 g/mol. The lowest BCUT2D eigenvalue weighted by molar-refractivity contribution is 0.477. The summed E-state index contributed by atoms with van der Waals surface area (Å²) in [6.07, 6.45) is 0. The quantitative estimate of drug-likeness (QED) is 0.157. The van der Waals surface area contributed by atoms with Gasteiger partial charge in [-0.1, -0.05) is 194 Å². The summed E-state index contributed by atoms with van der Waals surface area (Å²) >= 11 is 0.